The number of hydrogen-bond acceptors (Lipinski definition) is 2. The predicted molar refractivity (Wildman–Crippen MR) is 68.6 cm³/mol. The van der Waals surface area contributed by atoms with Gasteiger partial charge in [-0.25, -0.2) is 4.39 Å². The van der Waals surface area contributed by atoms with Crippen molar-refractivity contribution in [2.45, 2.75) is 19.3 Å². The Morgan fingerprint density at radius 2 is 1.76 bits per heavy atom. The van der Waals surface area contributed by atoms with Crippen molar-refractivity contribution in [1.82, 2.24) is 10.2 Å². The maximum absolute atomic E-state index is 12.7. The van der Waals surface area contributed by atoms with Gasteiger partial charge in [-0.05, 0) is 56.6 Å². The van der Waals surface area contributed by atoms with Gasteiger partial charge in [0, 0.05) is 13.1 Å². The lowest BCUT2D eigenvalue weighted by molar-refractivity contribution is 0.336. The van der Waals surface area contributed by atoms with Crippen LogP contribution in [0.4, 0.5) is 4.39 Å². The van der Waals surface area contributed by atoms with Crippen LogP contribution >= 0.6 is 0 Å². The van der Waals surface area contributed by atoms with Gasteiger partial charge in [0.2, 0.25) is 0 Å². The van der Waals surface area contributed by atoms with E-state index in [2.05, 4.69) is 10.2 Å². The third-order valence-corrected chi connectivity index (χ3v) is 3.31. The molecule has 1 aliphatic heterocycles. The molecule has 1 saturated heterocycles. The fraction of sp³-hybridized carbons (Fsp3) is 0.571. The molecular formula is C14H21FN2. The zero-order chi connectivity index (χ0) is 11.9. The lowest BCUT2D eigenvalue weighted by Crippen LogP contribution is -2.30. The molecule has 3 heteroatoms. The van der Waals surface area contributed by atoms with Crippen LogP contribution in [0.2, 0.25) is 0 Å². The highest BCUT2D eigenvalue weighted by Gasteiger charge is 2.09. The van der Waals surface area contributed by atoms with Gasteiger partial charge in [0.05, 0.1) is 0 Å². The van der Waals surface area contributed by atoms with Crippen LogP contribution in [0, 0.1) is 5.82 Å². The molecule has 0 aliphatic carbocycles. The predicted octanol–water partition coefficient (Wildman–Crippen LogP) is 2.05. The monoisotopic (exact) mass is 236 g/mol. The largest absolute Gasteiger partial charge is 0.315 e. The first-order valence-corrected chi connectivity index (χ1v) is 6.52. The van der Waals surface area contributed by atoms with E-state index in [4.69, 9.17) is 0 Å². The number of likely N-dealkylation sites (tertiary alicyclic amines) is 1. The maximum Gasteiger partial charge on any atom is 0.123 e. The van der Waals surface area contributed by atoms with E-state index in [1.807, 2.05) is 12.1 Å². The van der Waals surface area contributed by atoms with Gasteiger partial charge >= 0.3 is 0 Å². The molecule has 0 amide bonds. The lowest BCUT2D eigenvalue weighted by Gasteiger charge is -2.14. The van der Waals surface area contributed by atoms with Crippen molar-refractivity contribution in [3.8, 4) is 0 Å². The van der Waals surface area contributed by atoms with Crippen LogP contribution in [-0.2, 0) is 6.42 Å². The van der Waals surface area contributed by atoms with Crippen molar-refractivity contribution in [1.29, 1.82) is 0 Å². The Labute approximate surface area is 103 Å². The highest BCUT2D eigenvalue weighted by Crippen LogP contribution is 2.05. The van der Waals surface area contributed by atoms with Crippen LogP contribution in [0.25, 0.3) is 0 Å². The van der Waals surface area contributed by atoms with Crippen LogP contribution in [0.5, 0.6) is 0 Å². The number of halogens is 1. The quantitative estimate of drug-likeness (QED) is 0.761. The fourth-order valence-corrected chi connectivity index (χ4v) is 2.25. The van der Waals surface area contributed by atoms with E-state index in [9.17, 15) is 4.39 Å². The molecule has 1 aromatic rings. The molecule has 0 unspecified atom stereocenters. The molecule has 1 N–H and O–H groups in total. The van der Waals surface area contributed by atoms with Gasteiger partial charge < -0.3 is 10.2 Å². The lowest BCUT2D eigenvalue weighted by atomic mass is 10.1. The minimum absolute atomic E-state index is 0.157. The zero-order valence-electron chi connectivity index (χ0n) is 10.3. The second kappa shape index (κ2) is 6.72. The molecule has 0 saturated carbocycles. The van der Waals surface area contributed by atoms with E-state index in [0.29, 0.717) is 0 Å². The second-order valence-corrected chi connectivity index (χ2v) is 4.68. The molecule has 2 rings (SSSR count). The summed E-state index contributed by atoms with van der Waals surface area (Å²) < 4.78 is 12.7. The molecule has 1 aromatic carbocycles. The van der Waals surface area contributed by atoms with Gasteiger partial charge in [0.25, 0.3) is 0 Å². The van der Waals surface area contributed by atoms with Crippen LogP contribution in [0.3, 0.4) is 0 Å². The average molecular weight is 236 g/mol. The summed E-state index contributed by atoms with van der Waals surface area (Å²) in [6.45, 7) is 5.71. The first-order chi connectivity index (χ1) is 8.34. The summed E-state index contributed by atoms with van der Waals surface area (Å²) in [6.07, 6.45) is 3.69. The van der Waals surface area contributed by atoms with E-state index in [1.54, 1.807) is 0 Å². The molecule has 0 bridgehead atoms. The summed E-state index contributed by atoms with van der Waals surface area (Å²) >= 11 is 0. The van der Waals surface area contributed by atoms with Crippen molar-refractivity contribution in [3.63, 3.8) is 0 Å². The second-order valence-electron chi connectivity index (χ2n) is 4.68. The topological polar surface area (TPSA) is 15.3 Å². The Kier molecular flexibility index (Phi) is 4.95. The Bertz CT molecular complexity index is 317. The van der Waals surface area contributed by atoms with Gasteiger partial charge in [0.15, 0.2) is 0 Å². The van der Waals surface area contributed by atoms with Gasteiger partial charge in [-0.3, -0.25) is 0 Å². The molecule has 1 heterocycles. The smallest absolute Gasteiger partial charge is 0.123 e. The average Bonchev–Trinajstić information content (AvgIpc) is 2.84. The minimum Gasteiger partial charge on any atom is -0.315 e. The normalized spacial score (nSPS) is 16.5. The Morgan fingerprint density at radius 1 is 1.06 bits per heavy atom. The molecule has 0 atom stereocenters. The standard InChI is InChI=1S/C14H21FN2/c15-14-5-3-13(4-6-14)7-8-16-9-12-17-10-1-2-11-17/h3-6,16H,1-2,7-12H2. The maximum atomic E-state index is 12.7. The summed E-state index contributed by atoms with van der Waals surface area (Å²) in [5.41, 5.74) is 1.19. The summed E-state index contributed by atoms with van der Waals surface area (Å²) in [7, 11) is 0. The Morgan fingerprint density at radius 3 is 2.47 bits per heavy atom. The van der Waals surface area contributed by atoms with Gasteiger partial charge in [-0.15, -0.1) is 0 Å². The van der Waals surface area contributed by atoms with Crippen LogP contribution in [0.15, 0.2) is 24.3 Å². The van der Waals surface area contributed by atoms with E-state index < -0.39 is 0 Å². The van der Waals surface area contributed by atoms with E-state index in [1.165, 1.54) is 43.6 Å². The summed E-state index contributed by atoms with van der Waals surface area (Å²) in [6, 6.07) is 6.77. The van der Waals surface area contributed by atoms with Gasteiger partial charge in [-0.1, -0.05) is 12.1 Å². The molecule has 0 aromatic heterocycles. The number of hydrogen-bond donors (Lipinski definition) is 1. The number of nitrogens with one attached hydrogen (secondary N) is 1. The Balaban J connectivity index is 1.55. The molecule has 17 heavy (non-hydrogen) atoms. The number of nitrogens with zero attached hydrogens (tertiary/aromatic N) is 1. The highest BCUT2D eigenvalue weighted by molar-refractivity contribution is 5.16. The Hall–Kier alpha value is -0.930. The molecular weight excluding hydrogens is 215 g/mol. The van der Waals surface area contributed by atoms with Crippen LogP contribution < -0.4 is 5.32 Å². The first-order valence-electron chi connectivity index (χ1n) is 6.52. The number of rotatable bonds is 6. The zero-order valence-corrected chi connectivity index (χ0v) is 10.3. The van der Waals surface area contributed by atoms with Crippen molar-refractivity contribution in [3.05, 3.63) is 35.6 Å². The summed E-state index contributed by atoms with van der Waals surface area (Å²) in [5, 5.41) is 3.44. The minimum atomic E-state index is -0.157. The third-order valence-electron chi connectivity index (χ3n) is 3.31. The van der Waals surface area contributed by atoms with Crippen molar-refractivity contribution >= 4 is 0 Å². The van der Waals surface area contributed by atoms with Gasteiger partial charge in [0.1, 0.15) is 5.82 Å². The fourth-order valence-electron chi connectivity index (χ4n) is 2.25. The molecule has 94 valence electrons. The molecule has 2 nitrogen and oxygen atoms in total. The first kappa shape index (κ1) is 12.5. The molecule has 0 radical (unpaired) electrons. The third kappa shape index (κ3) is 4.44. The van der Waals surface area contributed by atoms with Crippen molar-refractivity contribution in [2.75, 3.05) is 32.7 Å². The van der Waals surface area contributed by atoms with Crippen LogP contribution in [-0.4, -0.2) is 37.6 Å². The van der Waals surface area contributed by atoms with Crippen LogP contribution in [0.1, 0.15) is 18.4 Å². The van der Waals surface area contributed by atoms with E-state index in [0.717, 1.165) is 26.1 Å². The number of benzene rings is 1. The van der Waals surface area contributed by atoms with Crippen molar-refractivity contribution in [2.24, 2.45) is 0 Å². The van der Waals surface area contributed by atoms with E-state index in [-0.39, 0.29) is 5.82 Å². The van der Waals surface area contributed by atoms with Crippen molar-refractivity contribution < 1.29 is 4.39 Å². The summed E-state index contributed by atoms with van der Waals surface area (Å²) in [4.78, 5) is 2.50. The van der Waals surface area contributed by atoms with Gasteiger partial charge in [-0.2, -0.15) is 0 Å². The molecule has 1 fully saturated rings. The molecule has 0 spiro atoms. The summed E-state index contributed by atoms with van der Waals surface area (Å²) in [5.74, 6) is -0.157. The molecule has 1 aliphatic rings. The van der Waals surface area contributed by atoms with E-state index >= 15 is 0 Å². The highest BCUT2D eigenvalue weighted by atomic mass is 19.1. The SMILES string of the molecule is Fc1ccc(CCNCCN2CCCC2)cc1.